The normalized spacial score (nSPS) is 15.6. The van der Waals surface area contributed by atoms with E-state index in [1.54, 1.807) is 56.6 Å². The number of methoxy groups -OCH3 is 3. The predicted molar refractivity (Wildman–Crippen MR) is 149 cm³/mol. The zero-order valence-electron chi connectivity index (χ0n) is 20.4. The van der Waals surface area contributed by atoms with Gasteiger partial charge in [0.1, 0.15) is 0 Å². The zero-order valence-corrected chi connectivity index (χ0v) is 22.7. The van der Waals surface area contributed by atoms with Gasteiger partial charge in [0.2, 0.25) is 5.75 Å². The van der Waals surface area contributed by atoms with Gasteiger partial charge in [0, 0.05) is 10.0 Å². The van der Waals surface area contributed by atoms with Gasteiger partial charge in [-0.2, -0.15) is 0 Å². The van der Waals surface area contributed by atoms with Crippen molar-refractivity contribution >= 4 is 63.5 Å². The number of nitrogens with zero attached hydrogens (tertiary/aromatic N) is 2. The first kappa shape index (κ1) is 25.9. The Morgan fingerprint density at radius 2 is 1.47 bits per heavy atom. The summed E-state index contributed by atoms with van der Waals surface area (Å²) in [4.78, 5) is 20.4. The molecular formula is C27H24Cl2N2O4S. The van der Waals surface area contributed by atoms with Crippen molar-refractivity contribution in [1.29, 1.82) is 0 Å². The van der Waals surface area contributed by atoms with E-state index in [0.717, 1.165) is 11.1 Å². The summed E-state index contributed by atoms with van der Waals surface area (Å²) >= 11 is 14.0. The molecule has 1 aliphatic rings. The molecule has 1 fully saturated rings. The molecule has 0 aromatic heterocycles. The SMILES string of the molecule is COc1cc(/C=C2\SC(=Nc3ccc(C)c(Cl)c3)N(c3ccc(C)c(Cl)c3)C2=O)cc(OC)c1OC. The minimum absolute atomic E-state index is 0.231. The Kier molecular flexibility index (Phi) is 7.83. The number of carbonyl (C=O) groups is 1. The lowest BCUT2D eigenvalue weighted by Crippen LogP contribution is -2.28. The van der Waals surface area contributed by atoms with Crippen LogP contribution in [-0.4, -0.2) is 32.4 Å². The molecule has 0 radical (unpaired) electrons. The molecule has 3 aromatic rings. The molecule has 186 valence electrons. The highest BCUT2D eigenvalue weighted by molar-refractivity contribution is 8.19. The van der Waals surface area contributed by atoms with Crippen LogP contribution < -0.4 is 19.1 Å². The number of aliphatic imine (C=N–C) groups is 1. The molecule has 1 amide bonds. The number of thioether (sulfide) groups is 1. The summed E-state index contributed by atoms with van der Waals surface area (Å²) in [5.41, 5.74) is 3.82. The van der Waals surface area contributed by atoms with Crippen LogP contribution in [0.4, 0.5) is 11.4 Å². The van der Waals surface area contributed by atoms with Gasteiger partial charge < -0.3 is 14.2 Å². The van der Waals surface area contributed by atoms with Crippen LogP contribution in [-0.2, 0) is 4.79 Å². The van der Waals surface area contributed by atoms with Crippen molar-refractivity contribution in [2.24, 2.45) is 4.99 Å². The Labute approximate surface area is 224 Å². The molecule has 0 atom stereocenters. The molecule has 9 heteroatoms. The molecule has 0 bridgehead atoms. The number of aryl methyl sites for hydroxylation is 2. The van der Waals surface area contributed by atoms with E-state index in [-0.39, 0.29) is 5.91 Å². The molecule has 1 aliphatic heterocycles. The molecular weight excluding hydrogens is 519 g/mol. The number of halogens is 2. The molecule has 1 heterocycles. The molecule has 0 spiro atoms. The van der Waals surface area contributed by atoms with Gasteiger partial charge >= 0.3 is 0 Å². The fourth-order valence-corrected chi connectivity index (χ4v) is 4.95. The van der Waals surface area contributed by atoms with E-state index in [4.69, 9.17) is 42.4 Å². The van der Waals surface area contributed by atoms with E-state index >= 15 is 0 Å². The molecule has 4 rings (SSSR count). The monoisotopic (exact) mass is 542 g/mol. The Balaban J connectivity index is 1.82. The Morgan fingerprint density at radius 3 is 2.03 bits per heavy atom. The van der Waals surface area contributed by atoms with E-state index in [9.17, 15) is 4.79 Å². The molecule has 0 saturated carbocycles. The van der Waals surface area contributed by atoms with Crippen LogP contribution in [0.2, 0.25) is 10.0 Å². The number of ether oxygens (including phenoxy) is 3. The van der Waals surface area contributed by atoms with Crippen LogP contribution in [0.15, 0.2) is 58.4 Å². The molecule has 6 nitrogen and oxygen atoms in total. The Hall–Kier alpha value is -3.13. The fourth-order valence-electron chi connectivity index (χ4n) is 3.60. The summed E-state index contributed by atoms with van der Waals surface area (Å²) in [6.07, 6.45) is 1.77. The summed E-state index contributed by atoms with van der Waals surface area (Å²) in [7, 11) is 4.63. The summed E-state index contributed by atoms with van der Waals surface area (Å²) in [6, 6.07) is 14.6. The van der Waals surface area contributed by atoms with Gasteiger partial charge in [-0.3, -0.25) is 9.69 Å². The second-order valence-electron chi connectivity index (χ2n) is 7.97. The maximum absolute atomic E-state index is 13.7. The number of hydrogen-bond acceptors (Lipinski definition) is 6. The van der Waals surface area contributed by atoms with Gasteiger partial charge in [-0.25, -0.2) is 4.99 Å². The minimum Gasteiger partial charge on any atom is -0.493 e. The van der Waals surface area contributed by atoms with Crippen molar-refractivity contribution in [3.63, 3.8) is 0 Å². The van der Waals surface area contributed by atoms with Crippen molar-refractivity contribution in [3.05, 3.63) is 80.2 Å². The van der Waals surface area contributed by atoms with E-state index in [0.29, 0.717) is 54.3 Å². The fraction of sp³-hybridized carbons (Fsp3) is 0.185. The lowest BCUT2D eigenvalue weighted by atomic mass is 10.1. The number of hydrogen-bond donors (Lipinski definition) is 0. The van der Waals surface area contributed by atoms with Crippen LogP contribution in [0.5, 0.6) is 17.2 Å². The third kappa shape index (κ3) is 5.19. The summed E-state index contributed by atoms with van der Waals surface area (Å²) in [5, 5.41) is 1.65. The third-order valence-electron chi connectivity index (χ3n) is 5.58. The summed E-state index contributed by atoms with van der Waals surface area (Å²) < 4.78 is 16.3. The highest BCUT2D eigenvalue weighted by Crippen LogP contribution is 2.42. The average Bonchev–Trinajstić information content (AvgIpc) is 3.16. The molecule has 1 saturated heterocycles. The van der Waals surface area contributed by atoms with Crippen LogP contribution in [0.1, 0.15) is 16.7 Å². The predicted octanol–water partition coefficient (Wildman–Crippen LogP) is 7.44. The van der Waals surface area contributed by atoms with E-state index in [2.05, 4.69) is 0 Å². The van der Waals surface area contributed by atoms with E-state index in [1.165, 1.54) is 11.8 Å². The van der Waals surface area contributed by atoms with E-state index < -0.39 is 0 Å². The first-order valence-corrected chi connectivity index (χ1v) is 12.5. The molecule has 3 aromatic carbocycles. The van der Waals surface area contributed by atoms with Crippen molar-refractivity contribution in [1.82, 2.24) is 0 Å². The lowest BCUT2D eigenvalue weighted by molar-refractivity contribution is -0.113. The summed E-state index contributed by atoms with van der Waals surface area (Å²) in [5.74, 6) is 1.22. The van der Waals surface area contributed by atoms with Gasteiger partial charge in [0.25, 0.3) is 5.91 Å². The largest absolute Gasteiger partial charge is 0.493 e. The van der Waals surface area contributed by atoms with Crippen LogP contribution >= 0.6 is 35.0 Å². The Bertz CT molecular complexity index is 1380. The van der Waals surface area contributed by atoms with Gasteiger partial charge in [0.05, 0.1) is 37.6 Å². The summed E-state index contributed by atoms with van der Waals surface area (Å²) in [6.45, 7) is 3.83. The average molecular weight is 543 g/mol. The standard InChI is InChI=1S/C27H24Cl2N2O4S/c1-15-6-8-18(13-20(15)28)30-27-31(19-9-7-16(2)21(29)14-19)26(32)24(36-27)12-17-10-22(33-3)25(35-5)23(11-17)34-4/h6-14H,1-5H3/b24-12-,30-27?. The van der Waals surface area contributed by atoms with Gasteiger partial charge in [-0.15, -0.1) is 0 Å². The van der Waals surface area contributed by atoms with Crippen LogP contribution in [0, 0.1) is 13.8 Å². The number of benzene rings is 3. The first-order chi connectivity index (χ1) is 17.2. The number of carbonyl (C=O) groups excluding carboxylic acids is 1. The minimum atomic E-state index is -0.231. The van der Waals surface area contributed by atoms with Crippen LogP contribution in [0.3, 0.4) is 0 Å². The smallest absolute Gasteiger partial charge is 0.271 e. The molecule has 0 aliphatic carbocycles. The van der Waals surface area contributed by atoms with E-state index in [1.807, 2.05) is 38.1 Å². The molecule has 36 heavy (non-hydrogen) atoms. The van der Waals surface area contributed by atoms with Crippen molar-refractivity contribution in [2.45, 2.75) is 13.8 Å². The van der Waals surface area contributed by atoms with Crippen molar-refractivity contribution in [3.8, 4) is 17.2 Å². The number of amidine groups is 1. The molecule has 0 N–H and O–H groups in total. The first-order valence-electron chi connectivity index (χ1n) is 10.9. The van der Waals surface area contributed by atoms with Crippen molar-refractivity contribution < 1.29 is 19.0 Å². The van der Waals surface area contributed by atoms with Crippen molar-refractivity contribution in [2.75, 3.05) is 26.2 Å². The maximum Gasteiger partial charge on any atom is 0.271 e. The third-order valence-corrected chi connectivity index (χ3v) is 7.37. The number of anilines is 1. The van der Waals surface area contributed by atoms with Gasteiger partial charge in [-0.1, -0.05) is 35.3 Å². The topological polar surface area (TPSA) is 60.4 Å². The quantitative estimate of drug-likeness (QED) is 0.303. The Morgan fingerprint density at radius 1 is 0.861 bits per heavy atom. The second-order valence-corrected chi connectivity index (χ2v) is 9.79. The highest BCUT2D eigenvalue weighted by atomic mass is 35.5. The zero-order chi connectivity index (χ0) is 26.0. The lowest BCUT2D eigenvalue weighted by Gasteiger charge is -2.16. The number of amides is 1. The molecule has 0 unspecified atom stereocenters. The maximum atomic E-state index is 13.7. The number of rotatable bonds is 6. The van der Waals surface area contributed by atoms with Gasteiger partial charge in [0.15, 0.2) is 16.7 Å². The van der Waals surface area contributed by atoms with Gasteiger partial charge in [-0.05, 0) is 84.8 Å². The second kappa shape index (κ2) is 10.9. The highest BCUT2D eigenvalue weighted by Gasteiger charge is 2.35. The van der Waals surface area contributed by atoms with Crippen LogP contribution in [0.25, 0.3) is 6.08 Å².